The maximum absolute atomic E-state index is 11.4. The minimum absolute atomic E-state index is 0.187. The van der Waals surface area contributed by atoms with Crippen LogP contribution in [0.2, 0.25) is 5.02 Å². The highest BCUT2D eigenvalue weighted by molar-refractivity contribution is 6.32. The van der Waals surface area contributed by atoms with Gasteiger partial charge >= 0.3 is 5.97 Å². The lowest BCUT2D eigenvalue weighted by Crippen LogP contribution is -2.05. The average Bonchev–Trinajstić information content (AvgIpc) is 2.71. The summed E-state index contributed by atoms with van der Waals surface area (Å²) in [6.45, 7) is 1.69. The molecule has 2 rings (SSSR count). The normalized spacial score (nSPS) is 10.3. The Labute approximate surface area is 103 Å². The van der Waals surface area contributed by atoms with Crippen molar-refractivity contribution in [2.45, 2.75) is 6.92 Å². The van der Waals surface area contributed by atoms with Crippen LogP contribution in [0.15, 0.2) is 24.3 Å². The van der Waals surface area contributed by atoms with E-state index in [1.54, 1.807) is 19.1 Å². The molecule has 5 nitrogen and oxygen atoms in total. The highest BCUT2D eigenvalue weighted by Gasteiger charge is 2.17. The van der Waals surface area contributed by atoms with Gasteiger partial charge in [0, 0.05) is 0 Å². The minimum Gasteiger partial charge on any atom is -0.464 e. The first-order chi connectivity index (χ1) is 8.13. The van der Waals surface area contributed by atoms with Gasteiger partial charge in [0.1, 0.15) is 5.69 Å². The molecule has 0 saturated heterocycles. The van der Waals surface area contributed by atoms with E-state index < -0.39 is 5.97 Å². The van der Waals surface area contributed by atoms with E-state index in [0.717, 1.165) is 0 Å². The third kappa shape index (κ3) is 2.14. The van der Waals surface area contributed by atoms with Gasteiger partial charge in [-0.25, -0.2) is 4.79 Å². The Kier molecular flexibility index (Phi) is 3.10. The third-order valence-corrected chi connectivity index (χ3v) is 2.55. The van der Waals surface area contributed by atoms with E-state index in [0.29, 0.717) is 16.4 Å². The lowest BCUT2D eigenvalue weighted by atomic mass is 10.3. The molecule has 0 aliphatic rings. The number of esters is 1. The van der Waals surface area contributed by atoms with Crippen LogP contribution in [0.5, 0.6) is 0 Å². The molecule has 0 radical (unpaired) electrons. The first kappa shape index (κ1) is 11.6. The van der Waals surface area contributed by atoms with Gasteiger partial charge in [-0.05, 0) is 19.1 Å². The molecule has 0 aliphatic carbocycles. The Bertz CT molecular complexity index is 566. The van der Waals surface area contributed by atoms with E-state index in [4.69, 9.17) is 11.6 Å². The Morgan fingerprint density at radius 1 is 1.35 bits per heavy atom. The molecule has 0 saturated carbocycles. The van der Waals surface area contributed by atoms with Crippen LogP contribution < -0.4 is 0 Å². The van der Waals surface area contributed by atoms with Crippen LogP contribution >= 0.6 is 11.6 Å². The molecule has 0 amide bonds. The zero-order chi connectivity index (χ0) is 12.4. The SMILES string of the molecule is COC(=O)c1nn(-c2ccccc2Cl)nc1C. The molecule has 0 atom stereocenters. The largest absolute Gasteiger partial charge is 0.464 e. The summed E-state index contributed by atoms with van der Waals surface area (Å²) in [5.41, 5.74) is 1.30. The van der Waals surface area contributed by atoms with Gasteiger partial charge in [-0.15, -0.1) is 9.90 Å². The molecule has 17 heavy (non-hydrogen) atoms. The Hall–Kier alpha value is -1.88. The quantitative estimate of drug-likeness (QED) is 0.766. The topological polar surface area (TPSA) is 57.0 Å². The zero-order valence-electron chi connectivity index (χ0n) is 9.35. The summed E-state index contributed by atoms with van der Waals surface area (Å²) in [4.78, 5) is 12.7. The van der Waals surface area contributed by atoms with Crippen LogP contribution in [0.25, 0.3) is 5.69 Å². The second-order valence-corrected chi connectivity index (χ2v) is 3.77. The van der Waals surface area contributed by atoms with Gasteiger partial charge in [0.15, 0.2) is 5.69 Å². The molecule has 0 spiro atoms. The minimum atomic E-state index is -0.513. The molecule has 1 aromatic heterocycles. The van der Waals surface area contributed by atoms with E-state index in [1.165, 1.54) is 11.9 Å². The number of hydrogen-bond donors (Lipinski definition) is 0. The van der Waals surface area contributed by atoms with Crippen molar-refractivity contribution >= 4 is 17.6 Å². The fourth-order valence-corrected chi connectivity index (χ4v) is 1.60. The van der Waals surface area contributed by atoms with Crippen molar-refractivity contribution in [2.24, 2.45) is 0 Å². The van der Waals surface area contributed by atoms with Crippen molar-refractivity contribution in [1.29, 1.82) is 0 Å². The number of rotatable bonds is 2. The number of hydrogen-bond acceptors (Lipinski definition) is 4. The van der Waals surface area contributed by atoms with Crippen LogP contribution in [-0.2, 0) is 4.74 Å². The first-order valence-corrected chi connectivity index (χ1v) is 5.28. The molecule has 0 fully saturated rings. The smallest absolute Gasteiger partial charge is 0.360 e. The second-order valence-electron chi connectivity index (χ2n) is 3.37. The monoisotopic (exact) mass is 251 g/mol. The third-order valence-electron chi connectivity index (χ3n) is 2.23. The number of carbonyl (C=O) groups is 1. The number of carbonyl (C=O) groups excluding carboxylic acids is 1. The standard InChI is InChI=1S/C11H10ClN3O2/c1-7-10(11(16)17-2)14-15(13-7)9-6-4-3-5-8(9)12/h3-6H,1-2H3. The van der Waals surface area contributed by atoms with Gasteiger partial charge in [0.05, 0.1) is 17.8 Å². The van der Waals surface area contributed by atoms with E-state index >= 15 is 0 Å². The molecular weight excluding hydrogens is 242 g/mol. The fraction of sp³-hybridized carbons (Fsp3) is 0.182. The molecular formula is C11H10ClN3O2. The molecule has 0 N–H and O–H groups in total. The Balaban J connectivity index is 2.49. The number of aryl methyl sites for hydroxylation is 1. The van der Waals surface area contributed by atoms with Crippen molar-refractivity contribution in [3.63, 3.8) is 0 Å². The van der Waals surface area contributed by atoms with E-state index in [-0.39, 0.29) is 5.69 Å². The summed E-state index contributed by atoms with van der Waals surface area (Å²) in [5, 5.41) is 8.70. The molecule has 6 heteroatoms. The van der Waals surface area contributed by atoms with E-state index in [9.17, 15) is 4.79 Å². The number of nitrogens with zero attached hydrogens (tertiary/aromatic N) is 3. The summed E-state index contributed by atoms with van der Waals surface area (Å²) < 4.78 is 4.61. The molecule has 88 valence electrons. The summed E-state index contributed by atoms with van der Waals surface area (Å²) in [5.74, 6) is -0.513. The molecule has 0 unspecified atom stereocenters. The maximum Gasteiger partial charge on any atom is 0.360 e. The molecule has 0 bridgehead atoms. The number of benzene rings is 1. The van der Waals surface area contributed by atoms with Crippen LogP contribution in [0, 0.1) is 6.92 Å². The Morgan fingerprint density at radius 2 is 2.06 bits per heavy atom. The van der Waals surface area contributed by atoms with Crippen molar-refractivity contribution in [1.82, 2.24) is 15.0 Å². The van der Waals surface area contributed by atoms with Gasteiger partial charge in [-0.3, -0.25) is 0 Å². The van der Waals surface area contributed by atoms with Gasteiger partial charge in [-0.2, -0.15) is 5.10 Å². The number of halogens is 1. The van der Waals surface area contributed by atoms with Crippen molar-refractivity contribution in [3.8, 4) is 5.69 Å². The van der Waals surface area contributed by atoms with Crippen LogP contribution in [-0.4, -0.2) is 28.1 Å². The van der Waals surface area contributed by atoms with E-state index in [1.807, 2.05) is 12.1 Å². The lowest BCUT2D eigenvalue weighted by molar-refractivity contribution is 0.0592. The second kappa shape index (κ2) is 4.55. The van der Waals surface area contributed by atoms with Crippen molar-refractivity contribution < 1.29 is 9.53 Å². The fourth-order valence-electron chi connectivity index (χ4n) is 1.39. The Morgan fingerprint density at radius 3 is 2.71 bits per heavy atom. The zero-order valence-corrected chi connectivity index (χ0v) is 10.1. The van der Waals surface area contributed by atoms with Gasteiger partial charge in [0.2, 0.25) is 0 Å². The molecule has 1 heterocycles. The summed E-state index contributed by atoms with van der Waals surface area (Å²) in [6.07, 6.45) is 0. The number of methoxy groups -OCH3 is 1. The first-order valence-electron chi connectivity index (χ1n) is 4.90. The van der Waals surface area contributed by atoms with Crippen molar-refractivity contribution in [2.75, 3.05) is 7.11 Å². The predicted octanol–water partition coefficient (Wildman–Crippen LogP) is 2.02. The number of aromatic nitrogens is 3. The molecule has 0 aliphatic heterocycles. The highest BCUT2D eigenvalue weighted by Crippen LogP contribution is 2.18. The van der Waals surface area contributed by atoms with Crippen molar-refractivity contribution in [3.05, 3.63) is 40.7 Å². The van der Waals surface area contributed by atoms with Gasteiger partial charge < -0.3 is 4.74 Å². The maximum atomic E-state index is 11.4. The average molecular weight is 252 g/mol. The number of para-hydroxylation sites is 1. The van der Waals surface area contributed by atoms with Gasteiger partial charge in [0.25, 0.3) is 0 Å². The number of ether oxygens (including phenoxy) is 1. The molecule has 2 aromatic rings. The van der Waals surface area contributed by atoms with Crippen LogP contribution in [0.3, 0.4) is 0 Å². The summed E-state index contributed by atoms with van der Waals surface area (Å²) >= 11 is 6.02. The predicted molar refractivity (Wildman–Crippen MR) is 62.4 cm³/mol. The van der Waals surface area contributed by atoms with Crippen LogP contribution in [0.1, 0.15) is 16.2 Å². The summed E-state index contributed by atoms with van der Waals surface area (Å²) in [6, 6.07) is 7.12. The highest BCUT2D eigenvalue weighted by atomic mass is 35.5. The summed E-state index contributed by atoms with van der Waals surface area (Å²) in [7, 11) is 1.30. The van der Waals surface area contributed by atoms with E-state index in [2.05, 4.69) is 14.9 Å². The van der Waals surface area contributed by atoms with Crippen LogP contribution in [0.4, 0.5) is 0 Å². The molecule has 1 aromatic carbocycles. The lowest BCUT2D eigenvalue weighted by Gasteiger charge is -2.00. The van der Waals surface area contributed by atoms with Gasteiger partial charge in [-0.1, -0.05) is 23.7 Å².